The molecule has 4 nitrogen and oxygen atoms in total. The third-order valence-corrected chi connectivity index (χ3v) is 4.18. The van der Waals surface area contributed by atoms with E-state index in [9.17, 15) is 0 Å². The summed E-state index contributed by atoms with van der Waals surface area (Å²) in [5.41, 5.74) is 0. The lowest BCUT2D eigenvalue weighted by Gasteiger charge is -2.42. The van der Waals surface area contributed by atoms with E-state index in [4.69, 9.17) is 0 Å². The summed E-state index contributed by atoms with van der Waals surface area (Å²) in [4.78, 5) is 5.05. The van der Waals surface area contributed by atoms with Gasteiger partial charge in [0.05, 0.1) is 6.04 Å². The van der Waals surface area contributed by atoms with Gasteiger partial charge in [0.15, 0.2) is 5.87 Å². The number of hydrogen-bond acceptors (Lipinski definition) is 3. The maximum absolute atomic E-state index is 3.31. The monoisotopic (exact) mass is 251 g/mol. The minimum absolute atomic E-state index is 0.657. The Hall–Kier alpha value is -0.830. The number of nitrogens with one attached hydrogen (secondary N) is 1. The first-order valence-electron chi connectivity index (χ1n) is 7.21. The molecule has 0 saturated heterocycles. The second-order valence-corrected chi connectivity index (χ2v) is 5.45. The fourth-order valence-corrected chi connectivity index (χ4v) is 3.27. The van der Waals surface area contributed by atoms with E-state index in [1.165, 1.54) is 25.7 Å². The molecule has 2 aliphatic rings. The summed E-state index contributed by atoms with van der Waals surface area (Å²) in [5, 5.41) is 3.31. The molecule has 0 aromatic heterocycles. The molecule has 2 rings (SSSR count). The van der Waals surface area contributed by atoms with Crippen LogP contribution in [-0.2, 0) is 0 Å². The van der Waals surface area contributed by atoms with E-state index in [1.54, 1.807) is 0 Å². The number of nitrogens with zero attached hydrogens (tertiary/aromatic N) is 3. The van der Waals surface area contributed by atoms with E-state index in [-0.39, 0.29) is 0 Å². The van der Waals surface area contributed by atoms with Crippen LogP contribution < -0.4 is 5.32 Å². The van der Waals surface area contributed by atoms with Crippen molar-refractivity contribution in [2.45, 2.75) is 44.7 Å². The van der Waals surface area contributed by atoms with Crippen LogP contribution in [0.3, 0.4) is 0 Å². The Morgan fingerprint density at radius 3 is 2.83 bits per heavy atom. The van der Waals surface area contributed by atoms with Gasteiger partial charge in [0.25, 0.3) is 0 Å². The number of likely N-dealkylation sites (N-methyl/N-ethyl adjacent to an activating group) is 1. The first-order valence-corrected chi connectivity index (χ1v) is 7.21. The summed E-state index contributed by atoms with van der Waals surface area (Å²) in [6, 6.07) is 1.34. The molecule has 1 saturated carbocycles. The van der Waals surface area contributed by atoms with Gasteiger partial charge in [-0.2, -0.15) is 4.58 Å². The van der Waals surface area contributed by atoms with E-state index < -0.39 is 0 Å². The molecule has 1 fully saturated rings. The van der Waals surface area contributed by atoms with Gasteiger partial charge in [-0.1, -0.05) is 19.8 Å². The summed E-state index contributed by atoms with van der Waals surface area (Å²) in [5.74, 6) is 3.28. The average Bonchev–Trinajstić information content (AvgIpc) is 2.82. The first kappa shape index (κ1) is 13.6. The van der Waals surface area contributed by atoms with E-state index in [1.807, 2.05) is 7.05 Å². The van der Waals surface area contributed by atoms with Gasteiger partial charge in [-0.25, -0.2) is 0 Å². The summed E-state index contributed by atoms with van der Waals surface area (Å²) in [6.45, 7) is 5.38. The van der Waals surface area contributed by atoms with Gasteiger partial charge in [0.1, 0.15) is 13.2 Å². The van der Waals surface area contributed by atoms with Crippen molar-refractivity contribution in [3.05, 3.63) is 6.20 Å². The lowest BCUT2D eigenvalue weighted by molar-refractivity contribution is -0.505. The van der Waals surface area contributed by atoms with Crippen molar-refractivity contribution in [1.29, 1.82) is 0 Å². The van der Waals surface area contributed by atoms with Crippen molar-refractivity contribution in [1.82, 2.24) is 15.1 Å². The zero-order valence-corrected chi connectivity index (χ0v) is 12.0. The topological polar surface area (TPSA) is 21.5 Å². The summed E-state index contributed by atoms with van der Waals surface area (Å²) in [7, 11) is 4.14. The van der Waals surface area contributed by atoms with Crippen LogP contribution in [0.1, 0.15) is 32.6 Å². The molecule has 0 aromatic carbocycles. The largest absolute Gasteiger partial charge is 0.307 e. The molecule has 1 heterocycles. The Balaban J connectivity index is 2.03. The van der Waals surface area contributed by atoms with E-state index in [0.29, 0.717) is 12.1 Å². The van der Waals surface area contributed by atoms with Gasteiger partial charge in [-0.15, -0.1) is 0 Å². The van der Waals surface area contributed by atoms with Gasteiger partial charge < -0.3 is 10.2 Å². The van der Waals surface area contributed by atoms with E-state index in [0.717, 1.165) is 19.9 Å². The molecule has 0 bridgehead atoms. The molecular weight excluding hydrogens is 224 g/mol. The molecule has 2 atom stereocenters. The number of hydrogen-bond donors (Lipinski definition) is 1. The fourth-order valence-electron chi connectivity index (χ4n) is 3.27. The SMILES string of the molecule is CCN(CNC)C1CCCCC1N1C=C=[N+](C)C1. The predicted molar refractivity (Wildman–Crippen MR) is 74.8 cm³/mol. The smallest absolute Gasteiger partial charge is 0.228 e. The van der Waals surface area contributed by atoms with Crippen molar-refractivity contribution in [2.75, 3.05) is 34.0 Å². The zero-order valence-electron chi connectivity index (χ0n) is 12.0. The molecule has 0 amide bonds. The second kappa shape index (κ2) is 6.37. The second-order valence-electron chi connectivity index (χ2n) is 5.45. The summed E-state index contributed by atoms with van der Waals surface area (Å²) in [6.07, 6.45) is 7.53. The van der Waals surface area contributed by atoms with Crippen molar-refractivity contribution < 1.29 is 4.58 Å². The molecule has 4 heteroatoms. The minimum Gasteiger partial charge on any atom is -0.307 e. The standard InChI is InChI=1S/C14H27N4/c1-4-17(11-15-2)13-7-5-6-8-14(13)18-10-9-16(3)12-18/h10,13-15H,4-8,11-12H2,1-3H3/q+1. The van der Waals surface area contributed by atoms with Crippen molar-refractivity contribution in [3.63, 3.8) is 0 Å². The van der Waals surface area contributed by atoms with Crippen LogP contribution in [0, 0.1) is 0 Å². The van der Waals surface area contributed by atoms with Crippen molar-refractivity contribution in [3.8, 4) is 0 Å². The van der Waals surface area contributed by atoms with Crippen LogP contribution in [0.4, 0.5) is 0 Å². The highest BCUT2D eigenvalue weighted by Gasteiger charge is 2.34. The molecule has 1 aliphatic heterocycles. The number of rotatable bonds is 5. The molecule has 102 valence electrons. The van der Waals surface area contributed by atoms with Crippen LogP contribution in [0.15, 0.2) is 6.20 Å². The maximum atomic E-state index is 3.31. The molecule has 0 spiro atoms. The molecule has 18 heavy (non-hydrogen) atoms. The Morgan fingerprint density at radius 1 is 1.44 bits per heavy atom. The van der Waals surface area contributed by atoms with Crippen LogP contribution in [0.5, 0.6) is 0 Å². The highest BCUT2D eigenvalue weighted by Crippen LogP contribution is 2.27. The van der Waals surface area contributed by atoms with Gasteiger partial charge in [-0.3, -0.25) is 4.90 Å². The Morgan fingerprint density at radius 2 is 2.22 bits per heavy atom. The van der Waals surface area contributed by atoms with Crippen LogP contribution in [0.25, 0.3) is 0 Å². The van der Waals surface area contributed by atoms with E-state index >= 15 is 0 Å². The van der Waals surface area contributed by atoms with Gasteiger partial charge in [0.2, 0.25) is 6.67 Å². The predicted octanol–water partition coefficient (Wildman–Crippen LogP) is 0.895. The van der Waals surface area contributed by atoms with Crippen LogP contribution in [0.2, 0.25) is 0 Å². The van der Waals surface area contributed by atoms with Crippen LogP contribution >= 0.6 is 0 Å². The zero-order chi connectivity index (χ0) is 13.0. The Bertz CT molecular complexity index is 333. The normalized spacial score (nSPS) is 28.0. The van der Waals surface area contributed by atoms with Gasteiger partial charge in [0, 0.05) is 12.7 Å². The van der Waals surface area contributed by atoms with Crippen molar-refractivity contribution in [2.24, 2.45) is 0 Å². The highest BCUT2D eigenvalue weighted by molar-refractivity contribution is 5.46. The molecule has 0 radical (unpaired) electrons. The van der Waals surface area contributed by atoms with Crippen LogP contribution in [-0.4, -0.2) is 66.3 Å². The summed E-state index contributed by atoms with van der Waals surface area (Å²) < 4.78 is 2.14. The average molecular weight is 251 g/mol. The Labute approximate surface area is 111 Å². The van der Waals surface area contributed by atoms with Crippen molar-refractivity contribution >= 4 is 5.87 Å². The lowest BCUT2D eigenvalue weighted by atomic mass is 9.88. The fraction of sp³-hybridized carbons (Fsp3) is 0.857. The minimum atomic E-state index is 0.657. The van der Waals surface area contributed by atoms with Gasteiger partial charge in [-0.05, 0) is 26.4 Å². The molecule has 1 N–H and O–H groups in total. The van der Waals surface area contributed by atoms with E-state index in [2.05, 4.69) is 45.7 Å². The molecule has 1 aliphatic carbocycles. The molecular formula is C14H27N4+. The maximum Gasteiger partial charge on any atom is 0.228 e. The molecule has 2 unspecified atom stereocenters. The third kappa shape index (κ3) is 2.94. The summed E-state index contributed by atoms with van der Waals surface area (Å²) >= 11 is 0. The molecule has 0 aromatic rings. The quantitative estimate of drug-likeness (QED) is 0.579. The first-order chi connectivity index (χ1) is 8.76. The highest BCUT2D eigenvalue weighted by atomic mass is 15.3. The van der Waals surface area contributed by atoms with Gasteiger partial charge >= 0.3 is 0 Å². The third-order valence-electron chi connectivity index (χ3n) is 4.18. The lowest BCUT2D eigenvalue weighted by Crippen LogP contribution is -2.54. The Kier molecular flexibility index (Phi) is 4.81.